The van der Waals surface area contributed by atoms with E-state index in [1.54, 1.807) is 6.07 Å². The summed E-state index contributed by atoms with van der Waals surface area (Å²) < 4.78 is 21.0. The average molecular weight is 576 g/mol. The molecule has 5 heterocycles. The van der Waals surface area contributed by atoms with Crippen molar-refractivity contribution < 1.29 is 9.13 Å². The number of anilines is 2. The molecular weight excluding hydrogens is 541 g/mol. The first kappa shape index (κ1) is 26.7. The molecule has 1 aromatic heterocycles. The molecule has 3 aromatic rings. The highest BCUT2D eigenvalue weighted by atomic mass is 35.5. The topological polar surface area (TPSA) is 80.5 Å². The summed E-state index contributed by atoms with van der Waals surface area (Å²) in [5.74, 6) is 0.505. The first-order valence-electron chi connectivity index (χ1n) is 14.8. The number of piperazine rings is 1. The Hall–Kier alpha value is -3.19. The van der Waals surface area contributed by atoms with Gasteiger partial charge in [-0.15, -0.1) is 0 Å². The van der Waals surface area contributed by atoms with E-state index < -0.39 is 5.82 Å². The van der Waals surface area contributed by atoms with Crippen LogP contribution >= 0.6 is 11.6 Å². The number of nitrogens with zero attached hydrogens (tertiary/aromatic N) is 6. The van der Waals surface area contributed by atoms with Crippen LogP contribution in [0.1, 0.15) is 43.4 Å². The van der Waals surface area contributed by atoms with E-state index in [-0.39, 0.29) is 16.6 Å². The number of halogens is 2. The molecule has 7 rings (SSSR count). The van der Waals surface area contributed by atoms with Crippen molar-refractivity contribution in [3.05, 3.63) is 52.4 Å². The summed E-state index contributed by atoms with van der Waals surface area (Å²) in [6.45, 7) is 6.51. The molecule has 1 N–H and O–H groups in total. The van der Waals surface area contributed by atoms with E-state index in [0.717, 1.165) is 92.1 Å². The zero-order valence-corrected chi connectivity index (χ0v) is 24.0. The van der Waals surface area contributed by atoms with Crippen molar-refractivity contribution >= 4 is 33.9 Å². The Bertz CT molecular complexity index is 1500. The van der Waals surface area contributed by atoms with Gasteiger partial charge in [-0.25, -0.2) is 4.39 Å². The first-order chi connectivity index (χ1) is 20.0. The smallest absolute Gasteiger partial charge is 0.318 e. The Labute approximate surface area is 245 Å². The van der Waals surface area contributed by atoms with Gasteiger partial charge in [-0.3, -0.25) is 4.90 Å². The Kier molecular flexibility index (Phi) is 7.10. The molecule has 3 fully saturated rings. The van der Waals surface area contributed by atoms with Gasteiger partial charge in [0, 0.05) is 48.9 Å². The van der Waals surface area contributed by atoms with Crippen LogP contribution in [0.25, 0.3) is 10.8 Å². The lowest BCUT2D eigenvalue weighted by Crippen LogP contribution is -2.51. The third kappa shape index (κ3) is 4.86. The zero-order valence-electron chi connectivity index (χ0n) is 23.2. The van der Waals surface area contributed by atoms with Crippen LogP contribution in [-0.2, 0) is 13.0 Å². The fourth-order valence-corrected chi connectivity index (χ4v) is 7.67. The molecular formula is C31H35ClFN7O. The summed E-state index contributed by atoms with van der Waals surface area (Å²) in [6.07, 6.45) is 5.94. The lowest BCUT2D eigenvalue weighted by molar-refractivity contribution is 0.107. The molecule has 1 atom stereocenters. The van der Waals surface area contributed by atoms with Crippen LogP contribution in [0, 0.1) is 17.1 Å². The largest absolute Gasteiger partial charge is 0.461 e. The predicted octanol–water partition coefficient (Wildman–Crippen LogP) is 4.68. The molecule has 0 amide bonds. The third-order valence-corrected chi connectivity index (χ3v) is 9.82. The van der Waals surface area contributed by atoms with Gasteiger partial charge < -0.3 is 19.9 Å². The molecule has 214 valence electrons. The third-order valence-electron chi connectivity index (χ3n) is 9.45. The van der Waals surface area contributed by atoms with Gasteiger partial charge in [0.05, 0.1) is 35.3 Å². The number of fused-ring (bicyclic) bond motifs is 3. The second-order valence-corrected chi connectivity index (χ2v) is 12.2. The minimum Gasteiger partial charge on any atom is -0.461 e. The van der Waals surface area contributed by atoms with Gasteiger partial charge in [-0.1, -0.05) is 29.8 Å². The van der Waals surface area contributed by atoms with E-state index in [1.807, 2.05) is 18.2 Å². The highest BCUT2D eigenvalue weighted by Gasteiger charge is 2.45. The number of ether oxygens (including phenoxy) is 1. The number of nitriles is 1. The van der Waals surface area contributed by atoms with E-state index >= 15 is 0 Å². The van der Waals surface area contributed by atoms with E-state index in [1.165, 1.54) is 18.9 Å². The summed E-state index contributed by atoms with van der Waals surface area (Å²) >= 11 is 6.50. The van der Waals surface area contributed by atoms with E-state index in [9.17, 15) is 9.65 Å². The molecule has 3 saturated heterocycles. The highest BCUT2D eigenvalue weighted by Crippen LogP contribution is 2.40. The second-order valence-electron chi connectivity index (χ2n) is 11.8. The van der Waals surface area contributed by atoms with Crippen molar-refractivity contribution in [1.29, 1.82) is 5.26 Å². The van der Waals surface area contributed by atoms with Crippen molar-refractivity contribution in [2.75, 3.05) is 55.7 Å². The van der Waals surface area contributed by atoms with Crippen molar-refractivity contribution in [2.24, 2.45) is 0 Å². The van der Waals surface area contributed by atoms with Crippen molar-refractivity contribution in [3.8, 4) is 12.1 Å². The molecule has 2 aromatic carbocycles. The van der Waals surface area contributed by atoms with Gasteiger partial charge >= 0.3 is 6.01 Å². The first-order valence-corrected chi connectivity index (χ1v) is 15.2. The van der Waals surface area contributed by atoms with E-state index in [4.69, 9.17) is 26.3 Å². The maximum Gasteiger partial charge on any atom is 0.318 e. The Morgan fingerprint density at radius 1 is 1.10 bits per heavy atom. The normalized spacial score (nSPS) is 22.0. The van der Waals surface area contributed by atoms with Gasteiger partial charge in [0.25, 0.3) is 0 Å². The number of nitrogens with one attached hydrogen (secondary N) is 1. The number of rotatable bonds is 6. The van der Waals surface area contributed by atoms with Gasteiger partial charge in [-0.05, 0) is 62.7 Å². The lowest BCUT2D eigenvalue weighted by atomic mass is 9.95. The highest BCUT2D eigenvalue weighted by molar-refractivity contribution is 6.36. The van der Waals surface area contributed by atoms with E-state index in [0.29, 0.717) is 25.6 Å². The fourth-order valence-electron chi connectivity index (χ4n) is 7.40. The lowest BCUT2D eigenvalue weighted by Gasteiger charge is -2.38. The van der Waals surface area contributed by atoms with Gasteiger partial charge in [0.15, 0.2) is 0 Å². The minimum absolute atomic E-state index is 0.0981. The molecule has 0 bridgehead atoms. The standard InChI is InChI=1S/C31H35ClFN7O/c32-28-24(33)7-6-21-4-1-5-26(27(21)28)38-16-9-23-25(19-38)36-30(41-20-31-10-2-14-40(31)15-3-11-31)37-29(23)39-17-13-35-22(18-39)8-12-34/h1,4-7,22,35H,2-3,8-11,13-20H2/t22-/m0/s1. The molecule has 8 nitrogen and oxygen atoms in total. The molecule has 0 unspecified atom stereocenters. The fraction of sp³-hybridized carbons (Fsp3) is 0.516. The molecule has 4 aliphatic rings. The van der Waals surface area contributed by atoms with Crippen LogP contribution in [0.2, 0.25) is 5.02 Å². The molecule has 41 heavy (non-hydrogen) atoms. The monoisotopic (exact) mass is 575 g/mol. The molecule has 0 saturated carbocycles. The molecule has 0 spiro atoms. The van der Waals surface area contributed by atoms with Crippen LogP contribution in [0.4, 0.5) is 15.9 Å². The summed E-state index contributed by atoms with van der Waals surface area (Å²) in [6, 6.07) is 12.0. The Balaban J connectivity index is 1.24. The number of benzene rings is 2. The van der Waals surface area contributed by atoms with Crippen LogP contribution in [-0.4, -0.2) is 72.3 Å². The quantitative estimate of drug-likeness (QED) is 0.454. The van der Waals surface area contributed by atoms with Gasteiger partial charge in [0.2, 0.25) is 0 Å². The minimum atomic E-state index is -0.415. The molecule has 4 aliphatic heterocycles. The van der Waals surface area contributed by atoms with Crippen molar-refractivity contribution in [1.82, 2.24) is 20.2 Å². The average Bonchev–Trinajstić information content (AvgIpc) is 3.58. The van der Waals surface area contributed by atoms with E-state index in [2.05, 4.69) is 26.1 Å². The molecule has 0 radical (unpaired) electrons. The van der Waals surface area contributed by atoms with Crippen LogP contribution < -0.4 is 19.9 Å². The number of hydrogen-bond donors (Lipinski definition) is 1. The maximum atomic E-state index is 14.5. The predicted molar refractivity (Wildman–Crippen MR) is 158 cm³/mol. The van der Waals surface area contributed by atoms with Crippen molar-refractivity contribution in [3.63, 3.8) is 0 Å². The molecule has 0 aliphatic carbocycles. The number of hydrogen-bond acceptors (Lipinski definition) is 8. The maximum absolute atomic E-state index is 14.5. The summed E-state index contributed by atoms with van der Waals surface area (Å²) in [5.41, 5.74) is 3.07. The zero-order chi connectivity index (χ0) is 28.0. The SMILES string of the molecule is N#CC[C@H]1CN(c2nc(OCC34CCCN3CCC4)nc3c2CCN(c2cccc4ccc(F)c(Cl)c24)C3)CCN1. The van der Waals surface area contributed by atoms with Crippen LogP contribution in [0.5, 0.6) is 6.01 Å². The van der Waals surface area contributed by atoms with Crippen LogP contribution in [0.3, 0.4) is 0 Å². The van der Waals surface area contributed by atoms with Crippen LogP contribution in [0.15, 0.2) is 30.3 Å². The van der Waals surface area contributed by atoms with Gasteiger partial charge in [-0.2, -0.15) is 15.2 Å². The van der Waals surface area contributed by atoms with Gasteiger partial charge in [0.1, 0.15) is 18.2 Å². The molecule has 10 heteroatoms. The summed E-state index contributed by atoms with van der Waals surface area (Å²) in [4.78, 5) is 17.1. The Morgan fingerprint density at radius 2 is 1.95 bits per heavy atom. The second kappa shape index (κ2) is 10.9. The summed E-state index contributed by atoms with van der Waals surface area (Å²) in [5, 5.41) is 14.6. The number of aromatic nitrogens is 2. The Morgan fingerprint density at radius 3 is 2.78 bits per heavy atom. The summed E-state index contributed by atoms with van der Waals surface area (Å²) in [7, 11) is 0. The van der Waals surface area contributed by atoms with Crippen molar-refractivity contribution in [2.45, 2.75) is 56.7 Å².